The van der Waals surface area contributed by atoms with Crippen molar-refractivity contribution in [2.45, 2.75) is 0 Å². The van der Waals surface area contributed by atoms with Gasteiger partial charge < -0.3 is 17.5 Å². The number of hydrogen-bond donors (Lipinski definition) is 3. The fourth-order valence-electron chi connectivity index (χ4n) is 0. The Labute approximate surface area is 70.1 Å². The third-order valence-electron chi connectivity index (χ3n) is 0. The summed E-state index contributed by atoms with van der Waals surface area (Å²) in [6, 6.07) is 0. The molecule has 0 aliphatic rings. The van der Waals surface area contributed by atoms with E-state index in [1.54, 1.807) is 0 Å². The second kappa shape index (κ2) is 5.53. The molecule has 3 N–H and O–H groups in total. The zero-order valence-corrected chi connectivity index (χ0v) is 6.77. The van der Waals surface area contributed by atoms with Gasteiger partial charge in [0.2, 0.25) is 0 Å². The van der Waals surface area contributed by atoms with Crippen molar-refractivity contribution in [1.29, 1.82) is 0 Å². The molecular formula is H5MgMnO4P. The predicted molar refractivity (Wildman–Crippen MR) is 22.2 cm³/mol. The van der Waals surface area contributed by atoms with E-state index >= 15 is 0 Å². The first-order valence-corrected chi connectivity index (χ1v) is 2.35. The Morgan fingerprint density at radius 3 is 1.29 bits per heavy atom. The van der Waals surface area contributed by atoms with E-state index in [1.807, 2.05) is 0 Å². The number of hydrogen-bond acceptors (Lipinski definition) is 1. The van der Waals surface area contributed by atoms with Gasteiger partial charge in [-0.15, -0.1) is 0 Å². The van der Waals surface area contributed by atoms with Crippen molar-refractivity contribution in [1.82, 2.24) is 0 Å². The predicted octanol–water partition coefficient (Wildman–Crippen LogP) is -1.09. The summed E-state index contributed by atoms with van der Waals surface area (Å²) < 4.78 is 8.88. The molecule has 43 valence electrons. The SMILES string of the molecule is O=P(O)(O)O.[H-].[H-].[Mg+2].[Mn]. The average Bonchev–Trinajstić information content (AvgIpc) is 0.722. The van der Waals surface area contributed by atoms with Gasteiger partial charge >= 0.3 is 30.9 Å². The minimum absolute atomic E-state index is 0. The first-order chi connectivity index (χ1) is 2.00. The molecule has 0 heterocycles. The van der Waals surface area contributed by atoms with Gasteiger partial charge in [0.25, 0.3) is 0 Å². The second-order valence-electron chi connectivity index (χ2n) is 0.513. The van der Waals surface area contributed by atoms with Crippen LogP contribution in [-0.2, 0) is 21.6 Å². The quantitative estimate of drug-likeness (QED) is 0.326. The van der Waals surface area contributed by atoms with Crippen LogP contribution in [0.25, 0.3) is 0 Å². The zero-order chi connectivity index (χ0) is 4.50. The molecule has 1 radical (unpaired) electrons. The summed E-state index contributed by atoms with van der Waals surface area (Å²) in [5.41, 5.74) is 0. The van der Waals surface area contributed by atoms with E-state index in [2.05, 4.69) is 0 Å². The van der Waals surface area contributed by atoms with E-state index in [1.165, 1.54) is 0 Å². The van der Waals surface area contributed by atoms with Crippen molar-refractivity contribution in [3.05, 3.63) is 0 Å². The molecule has 0 atom stereocenters. The molecule has 0 aliphatic heterocycles. The van der Waals surface area contributed by atoms with Crippen molar-refractivity contribution < 1.29 is 39.2 Å². The van der Waals surface area contributed by atoms with Gasteiger partial charge in [0.15, 0.2) is 0 Å². The third-order valence-corrected chi connectivity index (χ3v) is 0. The Hall–Kier alpha value is 1.40. The minimum Gasteiger partial charge on any atom is -1.00 e. The standard InChI is InChI=1S/Mg.Mn.H3O4P.2H/c;;1-5(2,3)4;;/h;;(H3,1,2,3,4);;/q+2;;;2*-1. The fraction of sp³-hybridized carbons (Fsp3) is 0. The van der Waals surface area contributed by atoms with Crippen LogP contribution < -0.4 is 0 Å². The molecule has 0 saturated carbocycles. The number of rotatable bonds is 0. The van der Waals surface area contributed by atoms with Crippen LogP contribution in [-0.4, -0.2) is 37.7 Å². The maximum atomic E-state index is 8.88. The topological polar surface area (TPSA) is 77.8 Å². The summed E-state index contributed by atoms with van der Waals surface area (Å²) in [4.78, 5) is 21.6. The maximum absolute atomic E-state index is 8.88. The Bertz CT molecular complexity index is 64.7. The van der Waals surface area contributed by atoms with Gasteiger partial charge in [-0.2, -0.15) is 0 Å². The second-order valence-corrected chi connectivity index (χ2v) is 1.54. The average molecular weight is 179 g/mol. The minimum atomic E-state index is -4.64. The van der Waals surface area contributed by atoms with E-state index in [9.17, 15) is 0 Å². The van der Waals surface area contributed by atoms with Gasteiger partial charge in [0.05, 0.1) is 0 Å². The molecule has 0 aromatic carbocycles. The molecule has 0 fully saturated rings. The third kappa shape index (κ3) is 111. The van der Waals surface area contributed by atoms with Crippen molar-refractivity contribution in [3.8, 4) is 0 Å². The molecule has 7 heteroatoms. The maximum Gasteiger partial charge on any atom is 2.00 e. The Morgan fingerprint density at radius 1 is 1.29 bits per heavy atom. The Kier molecular flexibility index (Phi) is 12.5. The molecule has 0 aliphatic carbocycles. The van der Waals surface area contributed by atoms with Gasteiger partial charge in [-0.05, 0) is 0 Å². The van der Waals surface area contributed by atoms with Crippen molar-refractivity contribution in [3.63, 3.8) is 0 Å². The summed E-state index contributed by atoms with van der Waals surface area (Å²) >= 11 is 0. The van der Waals surface area contributed by atoms with E-state index in [0.29, 0.717) is 0 Å². The molecule has 0 amide bonds. The molecule has 0 bridgehead atoms. The van der Waals surface area contributed by atoms with Crippen molar-refractivity contribution >= 4 is 30.9 Å². The smallest absolute Gasteiger partial charge is 1.00 e. The summed E-state index contributed by atoms with van der Waals surface area (Å²) in [6.45, 7) is 0. The molecule has 4 nitrogen and oxygen atoms in total. The molecule has 0 aromatic rings. The van der Waals surface area contributed by atoms with E-state index in [4.69, 9.17) is 19.2 Å². The molecule has 0 aromatic heterocycles. The van der Waals surface area contributed by atoms with Crippen LogP contribution in [0.2, 0.25) is 0 Å². The zero-order valence-electron chi connectivity index (χ0n) is 5.28. The first-order valence-electron chi connectivity index (χ1n) is 0.783. The van der Waals surface area contributed by atoms with Gasteiger partial charge in [0.1, 0.15) is 0 Å². The molecule has 0 saturated heterocycles. The van der Waals surface area contributed by atoms with Crippen LogP contribution in [0.3, 0.4) is 0 Å². The molecule has 0 spiro atoms. The number of phosphoric acid groups is 1. The fourth-order valence-corrected chi connectivity index (χ4v) is 0. The van der Waals surface area contributed by atoms with Crippen LogP contribution >= 0.6 is 7.82 Å². The summed E-state index contributed by atoms with van der Waals surface area (Å²) in [7, 11) is -4.64. The van der Waals surface area contributed by atoms with Crippen molar-refractivity contribution in [2.75, 3.05) is 0 Å². The monoisotopic (exact) mass is 179 g/mol. The van der Waals surface area contributed by atoms with Crippen molar-refractivity contribution in [2.24, 2.45) is 0 Å². The van der Waals surface area contributed by atoms with Gasteiger partial charge in [-0.3, -0.25) is 0 Å². The first kappa shape index (κ1) is 15.8. The van der Waals surface area contributed by atoms with Gasteiger partial charge in [-0.25, -0.2) is 4.57 Å². The van der Waals surface area contributed by atoms with Crippen LogP contribution in [0.4, 0.5) is 0 Å². The van der Waals surface area contributed by atoms with E-state index in [-0.39, 0.29) is 43.0 Å². The molecule has 7 heavy (non-hydrogen) atoms. The van der Waals surface area contributed by atoms with Gasteiger partial charge in [-0.1, -0.05) is 0 Å². The summed E-state index contributed by atoms with van der Waals surface area (Å²) in [6.07, 6.45) is 0. The summed E-state index contributed by atoms with van der Waals surface area (Å²) in [5.74, 6) is 0. The largest absolute Gasteiger partial charge is 2.00 e. The van der Waals surface area contributed by atoms with E-state index < -0.39 is 7.82 Å². The normalized spacial score (nSPS) is 8.43. The van der Waals surface area contributed by atoms with Gasteiger partial charge in [0, 0.05) is 17.1 Å². The molecular weight excluding hydrogens is 174 g/mol. The van der Waals surface area contributed by atoms with Crippen LogP contribution in [0.1, 0.15) is 2.85 Å². The molecule has 0 unspecified atom stereocenters. The van der Waals surface area contributed by atoms with Crippen LogP contribution in [0, 0.1) is 0 Å². The molecule has 0 rings (SSSR count). The Balaban J connectivity index is -0.0000000133. The van der Waals surface area contributed by atoms with Crippen LogP contribution in [0.5, 0.6) is 0 Å². The Morgan fingerprint density at radius 2 is 1.29 bits per heavy atom. The van der Waals surface area contributed by atoms with E-state index in [0.717, 1.165) is 0 Å². The summed E-state index contributed by atoms with van der Waals surface area (Å²) in [5, 5.41) is 0. The van der Waals surface area contributed by atoms with Crippen LogP contribution in [0.15, 0.2) is 0 Å².